The smallest absolute Gasteiger partial charge is 0.262 e. The maximum absolute atomic E-state index is 12.8. The SMILES string of the molecule is Cn1ccc(S(=O)(=O)N2CCC(Nc3nc([C@H]4CCC[C@@]4(C)O)c4ccc(=O)[nH]c4n3)CC2)n1. The molecule has 3 N–H and O–H groups in total. The normalized spacial score (nSPS) is 24.6. The summed E-state index contributed by atoms with van der Waals surface area (Å²) in [4.78, 5) is 24.0. The van der Waals surface area contributed by atoms with Crippen molar-refractivity contribution in [3.8, 4) is 0 Å². The molecule has 11 nitrogen and oxygen atoms in total. The van der Waals surface area contributed by atoms with E-state index in [4.69, 9.17) is 4.98 Å². The van der Waals surface area contributed by atoms with Crippen LogP contribution in [-0.4, -0.2) is 67.3 Å². The summed E-state index contributed by atoms with van der Waals surface area (Å²) < 4.78 is 28.6. The number of sulfonamides is 1. The van der Waals surface area contributed by atoms with E-state index in [1.807, 2.05) is 6.92 Å². The van der Waals surface area contributed by atoms with Gasteiger partial charge in [0.2, 0.25) is 11.5 Å². The molecular weight excluding hydrogens is 458 g/mol. The van der Waals surface area contributed by atoms with Gasteiger partial charge >= 0.3 is 0 Å². The summed E-state index contributed by atoms with van der Waals surface area (Å²) in [5.41, 5.74) is 0.0217. The van der Waals surface area contributed by atoms with Crippen LogP contribution in [0.25, 0.3) is 11.0 Å². The molecule has 5 rings (SSSR count). The fourth-order valence-corrected chi connectivity index (χ4v) is 6.48. The number of aromatic nitrogens is 5. The first kappa shape index (κ1) is 22.9. The van der Waals surface area contributed by atoms with Crippen LogP contribution in [0.4, 0.5) is 5.95 Å². The molecule has 1 aliphatic heterocycles. The molecule has 12 heteroatoms. The number of hydrogen-bond acceptors (Lipinski definition) is 8. The fraction of sp³-hybridized carbons (Fsp3) is 0.545. The zero-order valence-electron chi connectivity index (χ0n) is 19.2. The number of hydrogen-bond donors (Lipinski definition) is 3. The van der Waals surface area contributed by atoms with E-state index in [1.54, 1.807) is 19.3 Å². The van der Waals surface area contributed by atoms with Crippen LogP contribution in [0.1, 0.15) is 50.6 Å². The molecule has 0 aromatic carbocycles. The predicted octanol–water partition coefficient (Wildman–Crippen LogP) is 1.34. The second kappa shape index (κ2) is 8.43. The number of anilines is 1. The Hall–Kier alpha value is -2.83. The number of H-pyrrole nitrogens is 1. The van der Waals surface area contributed by atoms with Gasteiger partial charge in [-0.05, 0) is 51.2 Å². The standard InChI is InChI=1S/C22H29N7O4S/c1-22(31)10-3-4-16(22)19-15-5-6-17(30)24-20(15)26-21(25-19)23-14-7-12-29(13-8-14)34(32,33)18-9-11-28(2)27-18/h5-6,9,11,14,16,31H,3-4,7-8,10,12-13H2,1-2H3,(H2,23,24,25,26,30)/t16-,22-/m1/s1. The van der Waals surface area contributed by atoms with E-state index in [0.717, 1.165) is 23.9 Å². The van der Waals surface area contributed by atoms with E-state index in [1.165, 1.54) is 21.1 Å². The van der Waals surface area contributed by atoms with Crippen LogP contribution in [0, 0.1) is 0 Å². The van der Waals surface area contributed by atoms with Crippen molar-refractivity contribution in [3.05, 3.63) is 40.4 Å². The highest BCUT2D eigenvalue weighted by atomic mass is 32.2. The molecule has 1 aliphatic carbocycles. The molecule has 1 saturated carbocycles. The molecule has 0 spiro atoms. The Labute approximate surface area is 197 Å². The summed E-state index contributed by atoms with van der Waals surface area (Å²) in [6, 6.07) is 4.63. The molecule has 3 aromatic rings. The van der Waals surface area contributed by atoms with Crippen molar-refractivity contribution < 1.29 is 13.5 Å². The van der Waals surface area contributed by atoms with E-state index in [2.05, 4.69) is 20.4 Å². The zero-order chi connectivity index (χ0) is 24.1. The van der Waals surface area contributed by atoms with E-state index >= 15 is 0 Å². The minimum atomic E-state index is -3.63. The van der Waals surface area contributed by atoms with Crippen LogP contribution in [0.2, 0.25) is 0 Å². The molecule has 0 bridgehead atoms. The number of aryl methyl sites for hydroxylation is 1. The highest BCUT2D eigenvalue weighted by molar-refractivity contribution is 7.89. The summed E-state index contributed by atoms with van der Waals surface area (Å²) >= 11 is 0. The second-order valence-corrected chi connectivity index (χ2v) is 11.4. The number of aromatic amines is 1. The Morgan fingerprint density at radius 2 is 1.94 bits per heavy atom. The number of nitrogens with one attached hydrogen (secondary N) is 2. The van der Waals surface area contributed by atoms with Crippen molar-refractivity contribution in [2.45, 2.75) is 61.6 Å². The lowest BCUT2D eigenvalue weighted by molar-refractivity contribution is 0.0489. The average molecular weight is 488 g/mol. The van der Waals surface area contributed by atoms with Crippen molar-refractivity contribution >= 4 is 27.0 Å². The van der Waals surface area contributed by atoms with Gasteiger partial charge in [-0.15, -0.1) is 0 Å². The Morgan fingerprint density at radius 1 is 1.18 bits per heavy atom. The van der Waals surface area contributed by atoms with Crippen molar-refractivity contribution in [1.82, 2.24) is 29.0 Å². The van der Waals surface area contributed by atoms with Crippen LogP contribution in [0.3, 0.4) is 0 Å². The van der Waals surface area contributed by atoms with Gasteiger partial charge in [-0.3, -0.25) is 9.48 Å². The van der Waals surface area contributed by atoms with Gasteiger partial charge in [0, 0.05) is 49.7 Å². The maximum Gasteiger partial charge on any atom is 0.262 e. The van der Waals surface area contributed by atoms with E-state index in [0.29, 0.717) is 43.9 Å². The minimum Gasteiger partial charge on any atom is -0.389 e. The Morgan fingerprint density at radius 3 is 2.59 bits per heavy atom. The number of piperidine rings is 1. The Bertz CT molecular complexity index is 1370. The fourth-order valence-electron chi connectivity index (χ4n) is 5.06. The Kier molecular flexibility index (Phi) is 5.69. The highest BCUT2D eigenvalue weighted by Crippen LogP contribution is 2.43. The third-order valence-electron chi connectivity index (χ3n) is 6.96. The summed E-state index contributed by atoms with van der Waals surface area (Å²) in [5.74, 6) is 0.216. The molecule has 0 amide bonds. The third kappa shape index (κ3) is 4.21. The third-order valence-corrected chi connectivity index (χ3v) is 8.75. The molecular formula is C22H29N7O4S. The quantitative estimate of drug-likeness (QED) is 0.489. The van der Waals surface area contributed by atoms with Gasteiger partial charge in [-0.1, -0.05) is 0 Å². The van der Waals surface area contributed by atoms with Crippen LogP contribution < -0.4 is 10.9 Å². The van der Waals surface area contributed by atoms with E-state index < -0.39 is 15.6 Å². The van der Waals surface area contributed by atoms with Crippen molar-refractivity contribution in [1.29, 1.82) is 0 Å². The lowest BCUT2D eigenvalue weighted by atomic mass is 9.88. The average Bonchev–Trinajstić information content (AvgIpc) is 3.38. The molecule has 2 fully saturated rings. The highest BCUT2D eigenvalue weighted by Gasteiger charge is 2.40. The summed E-state index contributed by atoms with van der Waals surface area (Å²) in [6.07, 6.45) is 5.17. The topological polar surface area (TPSA) is 146 Å². The van der Waals surface area contributed by atoms with Gasteiger partial charge in [0.1, 0.15) is 5.65 Å². The molecule has 2 atom stereocenters. The first-order valence-electron chi connectivity index (χ1n) is 11.5. The first-order chi connectivity index (χ1) is 16.1. The molecule has 3 aromatic heterocycles. The second-order valence-electron chi connectivity index (χ2n) is 9.47. The van der Waals surface area contributed by atoms with Crippen LogP contribution in [0.15, 0.2) is 34.2 Å². The largest absolute Gasteiger partial charge is 0.389 e. The summed E-state index contributed by atoms with van der Waals surface area (Å²) in [6.45, 7) is 2.53. The zero-order valence-corrected chi connectivity index (χ0v) is 20.0. The number of nitrogens with zero attached hydrogens (tertiary/aromatic N) is 5. The first-order valence-corrected chi connectivity index (χ1v) is 13.0. The van der Waals surface area contributed by atoms with Gasteiger partial charge in [0.05, 0.1) is 11.3 Å². The Balaban J connectivity index is 1.37. The molecule has 4 heterocycles. The number of fused-ring (bicyclic) bond motifs is 1. The minimum absolute atomic E-state index is 0.0278. The van der Waals surface area contributed by atoms with Gasteiger partial charge in [-0.2, -0.15) is 14.4 Å². The molecule has 0 unspecified atom stereocenters. The van der Waals surface area contributed by atoms with Crippen LogP contribution in [-0.2, 0) is 17.1 Å². The maximum atomic E-state index is 12.8. The van der Waals surface area contributed by atoms with Crippen LogP contribution in [0.5, 0.6) is 0 Å². The van der Waals surface area contributed by atoms with Gasteiger partial charge in [-0.25, -0.2) is 13.4 Å². The molecule has 0 radical (unpaired) electrons. The lowest BCUT2D eigenvalue weighted by Crippen LogP contribution is -2.42. The lowest BCUT2D eigenvalue weighted by Gasteiger charge is -2.31. The summed E-state index contributed by atoms with van der Waals surface area (Å²) in [5, 5.41) is 19.1. The van der Waals surface area contributed by atoms with Gasteiger partial charge in [0.25, 0.3) is 10.0 Å². The monoisotopic (exact) mass is 487 g/mol. The molecule has 1 saturated heterocycles. The van der Waals surface area contributed by atoms with Crippen molar-refractivity contribution in [2.24, 2.45) is 7.05 Å². The van der Waals surface area contributed by atoms with Gasteiger partial charge < -0.3 is 15.4 Å². The molecule has 34 heavy (non-hydrogen) atoms. The van der Waals surface area contributed by atoms with Crippen LogP contribution >= 0.6 is 0 Å². The summed E-state index contributed by atoms with van der Waals surface area (Å²) in [7, 11) is -1.94. The number of pyridine rings is 1. The van der Waals surface area contributed by atoms with Crippen molar-refractivity contribution in [3.63, 3.8) is 0 Å². The van der Waals surface area contributed by atoms with E-state index in [9.17, 15) is 18.3 Å². The number of aliphatic hydroxyl groups is 1. The van der Waals surface area contributed by atoms with Gasteiger partial charge in [0.15, 0.2) is 5.03 Å². The molecule has 2 aliphatic rings. The van der Waals surface area contributed by atoms with Crippen molar-refractivity contribution in [2.75, 3.05) is 18.4 Å². The van der Waals surface area contributed by atoms with E-state index in [-0.39, 0.29) is 22.5 Å². The molecule has 182 valence electrons. The number of rotatable bonds is 5. The predicted molar refractivity (Wildman–Crippen MR) is 126 cm³/mol.